The van der Waals surface area contributed by atoms with Gasteiger partial charge in [-0.25, -0.2) is 0 Å². The predicted molar refractivity (Wildman–Crippen MR) is 49.5 cm³/mol. The van der Waals surface area contributed by atoms with Gasteiger partial charge < -0.3 is 5.11 Å². The number of benzene rings is 1. The van der Waals surface area contributed by atoms with Gasteiger partial charge in [-0.2, -0.15) is 0 Å². The first-order valence-electron chi connectivity index (χ1n) is 3.91. The van der Waals surface area contributed by atoms with Gasteiger partial charge in [0.15, 0.2) is 0 Å². The van der Waals surface area contributed by atoms with Crippen LogP contribution in [0, 0.1) is 0 Å². The van der Waals surface area contributed by atoms with E-state index in [9.17, 15) is 0 Å². The highest BCUT2D eigenvalue weighted by molar-refractivity contribution is 5.14. The van der Waals surface area contributed by atoms with Gasteiger partial charge in [-0.15, -0.1) is 0 Å². The Labute approximate surface area is 72.5 Å². The fourth-order valence-electron chi connectivity index (χ4n) is 0.902. The zero-order valence-electron chi connectivity index (χ0n) is 6.90. The zero-order chi connectivity index (χ0) is 8.81. The van der Waals surface area contributed by atoms with Gasteiger partial charge in [0.2, 0.25) is 0 Å². The van der Waals surface area contributed by atoms with Crippen molar-refractivity contribution in [3.8, 4) is 0 Å². The molecule has 1 unspecified atom stereocenters. The lowest BCUT2D eigenvalue weighted by molar-refractivity contribution is 0.183. The first kappa shape index (κ1) is 8.97. The summed E-state index contributed by atoms with van der Waals surface area (Å²) in [6.07, 6.45) is 0.841. The maximum Gasteiger partial charge on any atom is 0.124 e. The molecule has 2 nitrogen and oxygen atoms in total. The Morgan fingerprint density at radius 2 is 2.08 bits per heavy atom. The SMILES string of the molecule is C=CC(O)NCc1ccccc1. The quantitative estimate of drug-likeness (QED) is 0.517. The fourth-order valence-corrected chi connectivity index (χ4v) is 0.902. The van der Waals surface area contributed by atoms with Crippen molar-refractivity contribution in [1.29, 1.82) is 0 Å². The highest BCUT2D eigenvalue weighted by Crippen LogP contribution is 1.97. The molecule has 0 bridgehead atoms. The molecule has 1 aromatic rings. The summed E-state index contributed by atoms with van der Waals surface area (Å²) in [7, 11) is 0. The van der Waals surface area contributed by atoms with Gasteiger partial charge >= 0.3 is 0 Å². The maximum atomic E-state index is 9.09. The summed E-state index contributed by atoms with van der Waals surface area (Å²) in [5, 5.41) is 12.0. The van der Waals surface area contributed by atoms with Crippen LogP contribution in [0.4, 0.5) is 0 Å². The third kappa shape index (κ3) is 2.86. The summed E-state index contributed by atoms with van der Waals surface area (Å²) in [5.74, 6) is 0. The number of hydrogen-bond acceptors (Lipinski definition) is 2. The Kier molecular flexibility index (Phi) is 3.51. The monoisotopic (exact) mass is 163 g/mol. The molecule has 0 aromatic heterocycles. The van der Waals surface area contributed by atoms with Crippen LogP contribution in [0.5, 0.6) is 0 Å². The predicted octanol–water partition coefficient (Wildman–Crippen LogP) is 1.28. The summed E-state index contributed by atoms with van der Waals surface area (Å²) in [6.45, 7) is 4.12. The molecule has 64 valence electrons. The third-order valence-corrected chi connectivity index (χ3v) is 1.58. The zero-order valence-corrected chi connectivity index (χ0v) is 6.90. The van der Waals surface area contributed by atoms with E-state index in [2.05, 4.69) is 11.9 Å². The fraction of sp³-hybridized carbons (Fsp3) is 0.200. The summed E-state index contributed by atoms with van der Waals surface area (Å²) >= 11 is 0. The smallest absolute Gasteiger partial charge is 0.124 e. The van der Waals surface area contributed by atoms with Crippen molar-refractivity contribution in [3.63, 3.8) is 0 Å². The van der Waals surface area contributed by atoms with Crippen LogP contribution in [-0.2, 0) is 6.54 Å². The molecule has 0 fully saturated rings. The molecule has 0 aliphatic heterocycles. The van der Waals surface area contributed by atoms with Crippen LogP contribution >= 0.6 is 0 Å². The van der Waals surface area contributed by atoms with Crippen molar-refractivity contribution in [1.82, 2.24) is 5.32 Å². The van der Waals surface area contributed by atoms with Crippen molar-refractivity contribution < 1.29 is 5.11 Å². The number of nitrogens with one attached hydrogen (secondary N) is 1. The summed E-state index contributed by atoms with van der Waals surface area (Å²) in [5.41, 5.74) is 1.15. The molecule has 0 radical (unpaired) electrons. The van der Waals surface area contributed by atoms with Gasteiger partial charge in [0, 0.05) is 6.54 Å². The molecule has 0 saturated heterocycles. The standard InChI is InChI=1S/C10H13NO/c1-2-10(12)11-8-9-6-4-3-5-7-9/h2-7,10-12H,1,8H2. The van der Waals surface area contributed by atoms with Crippen LogP contribution in [0.25, 0.3) is 0 Å². The number of hydrogen-bond donors (Lipinski definition) is 2. The van der Waals surface area contributed by atoms with Crippen molar-refractivity contribution in [2.45, 2.75) is 12.8 Å². The molecule has 0 spiro atoms. The molecule has 0 amide bonds. The molecule has 1 atom stereocenters. The van der Waals surface area contributed by atoms with Crippen molar-refractivity contribution >= 4 is 0 Å². The summed E-state index contributed by atoms with van der Waals surface area (Å²) < 4.78 is 0. The normalized spacial score (nSPS) is 12.4. The second-order valence-electron chi connectivity index (χ2n) is 2.55. The van der Waals surface area contributed by atoms with E-state index in [1.165, 1.54) is 6.08 Å². The molecule has 1 aromatic carbocycles. The first-order chi connectivity index (χ1) is 5.83. The molecule has 0 saturated carbocycles. The van der Waals surface area contributed by atoms with Gasteiger partial charge in [-0.05, 0) is 11.6 Å². The largest absolute Gasteiger partial charge is 0.375 e. The Morgan fingerprint density at radius 3 is 2.67 bits per heavy atom. The molecule has 2 N–H and O–H groups in total. The van der Waals surface area contributed by atoms with Gasteiger partial charge in [-0.3, -0.25) is 5.32 Å². The summed E-state index contributed by atoms with van der Waals surface area (Å²) in [6, 6.07) is 9.91. The van der Waals surface area contributed by atoms with Crippen LogP contribution in [0.1, 0.15) is 5.56 Å². The number of aliphatic hydroxyl groups excluding tert-OH is 1. The summed E-state index contributed by atoms with van der Waals surface area (Å²) in [4.78, 5) is 0. The Bertz CT molecular complexity index is 233. The lowest BCUT2D eigenvalue weighted by atomic mass is 10.2. The number of aliphatic hydroxyl groups is 1. The van der Waals surface area contributed by atoms with Crippen molar-refractivity contribution in [2.24, 2.45) is 0 Å². The minimum atomic E-state index is -0.620. The molecular formula is C10H13NO. The Hall–Kier alpha value is -1.12. The van der Waals surface area contributed by atoms with E-state index in [1.807, 2.05) is 30.3 Å². The van der Waals surface area contributed by atoms with E-state index in [0.29, 0.717) is 6.54 Å². The lowest BCUT2D eigenvalue weighted by Gasteiger charge is -2.07. The van der Waals surface area contributed by atoms with Crippen LogP contribution < -0.4 is 5.32 Å². The minimum absolute atomic E-state index is 0.620. The molecule has 1 rings (SSSR count). The Balaban J connectivity index is 2.38. The molecule has 0 aliphatic carbocycles. The average Bonchev–Trinajstić information content (AvgIpc) is 2.16. The van der Waals surface area contributed by atoms with Crippen molar-refractivity contribution in [2.75, 3.05) is 0 Å². The van der Waals surface area contributed by atoms with Crippen LogP contribution in [0.15, 0.2) is 43.0 Å². The van der Waals surface area contributed by atoms with E-state index < -0.39 is 6.23 Å². The third-order valence-electron chi connectivity index (χ3n) is 1.58. The maximum absolute atomic E-state index is 9.09. The minimum Gasteiger partial charge on any atom is -0.375 e. The molecule has 0 heterocycles. The van der Waals surface area contributed by atoms with Crippen LogP contribution in [-0.4, -0.2) is 11.3 Å². The van der Waals surface area contributed by atoms with Gasteiger partial charge in [-0.1, -0.05) is 36.9 Å². The molecule has 2 heteroatoms. The molecule has 12 heavy (non-hydrogen) atoms. The Morgan fingerprint density at radius 1 is 1.42 bits per heavy atom. The van der Waals surface area contributed by atoms with Gasteiger partial charge in [0.1, 0.15) is 6.23 Å². The van der Waals surface area contributed by atoms with Crippen molar-refractivity contribution in [3.05, 3.63) is 48.6 Å². The van der Waals surface area contributed by atoms with E-state index >= 15 is 0 Å². The lowest BCUT2D eigenvalue weighted by Crippen LogP contribution is -2.25. The average molecular weight is 163 g/mol. The second kappa shape index (κ2) is 4.70. The molecule has 0 aliphatic rings. The van der Waals surface area contributed by atoms with E-state index in [1.54, 1.807) is 0 Å². The highest BCUT2D eigenvalue weighted by atomic mass is 16.3. The number of rotatable bonds is 4. The molecular weight excluding hydrogens is 150 g/mol. The van der Waals surface area contributed by atoms with Crippen LogP contribution in [0.2, 0.25) is 0 Å². The van der Waals surface area contributed by atoms with Crippen LogP contribution in [0.3, 0.4) is 0 Å². The van der Waals surface area contributed by atoms with Gasteiger partial charge in [0.25, 0.3) is 0 Å². The topological polar surface area (TPSA) is 32.3 Å². The first-order valence-corrected chi connectivity index (χ1v) is 3.91. The highest BCUT2D eigenvalue weighted by Gasteiger charge is 1.95. The van der Waals surface area contributed by atoms with E-state index in [0.717, 1.165) is 5.56 Å². The van der Waals surface area contributed by atoms with Gasteiger partial charge in [0.05, 0.1) is 0 Å². The van der Waals surface area contributed by atoms with E-state index in [-0.39, 0.29) is 0 Å². The second-order valence-corrected chi connectivity index (χ2v) is 2.55. The van der Waals surface area contributed by atoms with E-state index in [4.69, 9.17) is 5.11 Å².